The van der Waals surface area contributed by atoms with E-state index in [2.05, 4.69) is 4.98 Å². The minimum absolute atomic E-state index is 0.0415. The number of rotatable bonds is 2. The van der Waals surface area contributed by atoms with Gasteiger partial charge < -0.3 is 5.73 Å². The van der Waals surface area contributed by atoms with Crippen molar-refractivity contribution in [2.45, 2.75) is 0 Å². The van der Waals surface area contributed by atoms with Crippen LogP contribution in [0.4, 0.5) is 4.39 Å². The molecular formula is C12H8ClFN2O. The number of pyridine rings is 1. The first-order valence-corrected chi connectivity index (χ1v) is 5.17. The van der Waals surface area contributed by atoms with Gasteiger partial charge in [0.2, 0.25) is 5.91 Å². The Kier molecular flexibility index (Phi) is 3.06. The van der Waals surface area contributed by atoms with Gasteiger partial charge in [0.1, 0.15) is 5.82 Å². The van der Waals surface area contributed by atoms with Crippen molar-refractivity contribution in [3.63, 3.8) is 0 Å². The van der Waals surface area contributed by atoms with Crippen LogP contribution in [0, 0.1) is 5.82 Å². The zero-order valence-electron chi connectivity index (χ0n) is 8.65. The van der Waals surface area contributed by atoms with Gasteiger partial charge in [-0.2, -0.15) is 0 Å². The fraction of sp³-hybridized carbons (Fsp3) is 0. The summed E-state index contributed by atoms with van der Waals surface area (Å²) >= 11 is 5.58. The molecule has 2 rings (SSSR count). The van der Waals surface area contributed by atoms with Gasteiger partial charge in [0, 0.05) is 17.3 Å². The van der Waals surface area contributed by atoms with Crippen molar-refractivity contribution >= 4 is 17.5 Å². The number of benzene rings is 1. The Morgan fingerprint density at radius 2 is 2.06 bits per heavy atom. The molecule has 0 unspecified atom stereocenters. The molecule has 0 radical (unpaired) electrons. The molecule has 0 saturated heterocycles. The Labute approximate surface area is 102 Å². The van der Waals surface area contributed by atoms with E-state index in [1.54, 1.807) is 6.07 Å². The Morgan fingerprint density at radius 3 is 2.71 bits per heavy atom. The van der Waals surface area contributed by atoms with Crippen LogP contribution in [0.2, 0.25) is 5.02 Å². The summed E-state index contributed by atoms with van der Waals surface area (Å²) in [6.45, 7) is 0. The molecule has 1 amide bonds. The number of hydrogen-bond donors (Lipinski definition) is 1. The monoisotopic (exact) mass is 250 g/mol. The van der Waals surface area contributed by atoms with Crippen LogP contribution in [0.15, 0.2) is 36.5 Å². The molecule has 0 saturated carbocycles. The van der Waals surface area contributed by atoms with Gasteiger partial charge in [-0.3, -0.25) is 9.78 Å². The van der Waals surface area contributed by atoms with Crippen molar-refractivity contribution < 1.29 is 9.18 Å². The third kappa shape index (κ3) is 2.42. The van der Waals surface area contributed by atoms with Gasteiger partial charge in [-0.05, 0) is 24.3 Å². The molecule has 0 fully saturated rings. The SMILES string of the molecule is NC(=O)c1ccnc(-c2ccc(Cl)c(F)c2)c1. The summed E-state index contributed by atoms with van der Waals surface area (Å²) in [7, 11) is 0. The van der Waals surface area contributed by atoms with E-state index in [0.29, 0.717) is 16.8 Å². The van der Waals surface area contributed by atoms with Crippen LogP contribution in [0.25, 0.3) is 11.3 Å². The topological polar surface area (TPSA) is 56.0 Å². The predicted octanol–water partition coefficient (Wildman–Crippen LogP) is 2.64. The van der Waals surface area contributed by atoms with Crippen LogP contribution in [-0.4, -0.2) is 10.9 Å². The maximum absolute atomic E-state index is 13.3. The standard InChI is InChI=1S/C12H8ClFN2O/c13-9-2-1-7(5-10(9)14)11-6-8(12(15)17)3-4-16-11/h1-6H,(H2,15,17). The molecule has 2 aromatic rings. The van der Waals surface area contributed by atoms with Crippen LogP contribution in [0.5, 0.6) is 0 Å². The highest BCUT2D eigenvalue weighted by Crippen LogP contribution is 2.23. The summed E-state index contributed by atoms with van der Waals surface area (Å²) in [6, 6.07) is 7.32. The van der Waals surface area contributed by atoms with Crippen molar-refractivity contribution in [3.8, 4) is 11.3 Å². The van der Waals surface area contributed by atoms with Gasteiger partial charge in [0.15, 0.2) is 0 Å². The summed E-state index contributed by atoms with van der Waals surface area (Å²) < 4.78 is 13.3. The summed E-state index contributed by atoms with van der Waals surface area (Å²) in [5.41, 5.74) is 6.48. The predicted molar refractivity (Wildman–Crippen MR) is 63.2 cm³/mol. The largest absolute Gasteiger partial charge is 0.366 e. The van der Waals surface area contributed by atoms with Gasteiger partial charge in [-0.15, -0.1) is 0 Å². The van der Waals surface area contributed by atoms with Crippen molar-refractivity contribution in [2.75, 3.05) is 0 Å². The zero-order valence-corrected chi connectivity index (χ0v) is 9.41. The Balaban J connectivity index is 2.49. The third-order valence-corrected chi connectivity index (χ3v) is 2.57. The number of nitrogens with two attached hydrogens (primary N) is 1. The molecule has 1 heterocycles. The van der Waals surface area contributed by atoms with E-state index in [1.165, 1.54) is 30.5 Å². The lowest BCUT2D eigenvalue weighted by molar-refractivity contribution is 0.1000. The molecule has 1 aromatic heterocycles. The van der Waals surface area contributed by atoms with Crippen molar-refractivity contribution in [1.82, 2.24) is 4.98 Å². The first kappa shape index (κ1) is 11.5. The average molecular weight is 251 g/mol. The minimum Gasteiger partial charge on any atom is -0.366 e. The molecule has 17 heavy (non-hydrogen) atoms. The molecule has 0 spiro atoms. The average Bonchev–Trinajstić information content (AvgIpc) is 2.33. The molecule has 0 aliphatic rings. The van der Waals surface area contributed by atoms with Crippen LogP contribution < -0.4 is 5.73 Å². The van der Waals surface area contributed by atoms with E-state index >= 15 is 0 Å². The number of halogens is 2. The van der Waals surface area contributed by atoms with E-state index in [1.807, 2.05) is 0 Å². The zero-order chi connectivity index (χ0) is 12.4. The molecule has 86 valence electrons. The Bertz CT molecular complexity index is 586. The van der Waals surface area contributed by atoms with Crippen LogP contribution in [0.3, 0.4) is 0 Å². The molecule has 0 aliphatic carbocycles. The second-order valence-corrected chi connectivity index (χ2v) is 3.83. The summed E-state index contributed by atoms with van der Waals surface area (Å²) in [5.74, 6) is -1.08. The van der Waals surface area contributed by atoms with E-state index in [4.69, 9.17) is 17.3 Å². The second-order valence-electron chi connectivity index (χ2n) is 3.42. The van der Waals surface area contributed by atoms with Crippen molar-refractivity contribution in [3.05, 3.63) is 52.9 Å². The summed E-state index contributed by atoms with van der Waals surface area (Å²) in [6.07, 6.45) is 1.45. The normalized spacial score (nSPS) is 10.2. The molecule has 5 heteroatoms. The lowest BCUT2D eigenvalue weighted by Gasteiger charge is -2.03. The number of carbonyl (C=O) groups is 1. The summed E-state index contributed by atoms with van der Waals surface area (Å²) in [4.78, 5) is 15.1. The lowest BCUT2D eigenvalue weighted by Crippen LogP contribution is -2.10. The molecule has 3 nitrogen and oxygen atoms in total. The van der Waals surface area contributed by atoms with E-state index in [-0.39, 0.29) is 5.02 Å². The molecule has 1 aromatic carbocycles. The van der Waals surface area contributed by atoms with E-state index in [9.17, 15) is 9.18 Å². The van der Waals surface area contributed by atoms with E-state index in [0.717, 1.165) is 0 Å². The fourth-order valence-electron chi connectivity index (χ4n) is 1.40. The fourth-order valence-corrected chi connectivity index (χ4v) is 1.51. The second kappa shape index (κ2) is 4.51. The van der Waals surface area contributed by atoms with Crippen LogP contribution >= 0.6 is 11.6 Å². The molecular weight excluding hydrogens is 243 g/mol. The number of amides is 1. The van der Waals surface area contributed by atoms with Gasteiger partial charge in [-0.1, -0.05) is 17.7 Å². The first-order valence-electron chi connectivity index (χ1n) is 4.79. The maximum Gasteiger partial charge on any atom is 0.248 e. The molecule has 2 N–H and O–H groups in total. The number of nitrogens with zero attached hydrogens (tertiary/aromatic N) is 1. The highest BCUT2D eigenvalue weighted by molar-refractivity contribution is 6.30. The van der Waals surface area contributed by atoms with Gasteiger partial charge in [0.05, 0.1) is 10.7 Å². The summed E-state index contributed by atoms with van der Waals surface area (Å²) in [5, 5.41) is 0.0415. The lowest BCUT2D eigenvalue weighted by atomic mass is 10.1. The maximum atomic E-state index is 13.3. The highest BCUT2D eigenvalue weighted by atomic mass is 35.5. The molecule has 0 aliphatic heterocycles. The quantitative estimate of drug-likeness (QED) is 0.891. The smallest absolute Gasteiger partial charge is 0.248 e. The van der Waals surface area contributed by atoms with Gasteiger partial charge >= 0.3 is 0 Å². The number of primary amides is 1. The third-order valence-electron chi connectivity index (χ3n) is 2.26. The van der Waals surface area contributed by atoms with Crippen molar-refractivity contribution in [2.24, 2.45) is 5.73 Å². The Morgan fingerprint density at radius 1 is 1.29 bits per heavy atom. The number of carbonyl (C=O) groups excluding carboxylic acids is 1. The minimum atomic E-state index is -0.553. The highest BCUT2D eigenvalue weighted by Gasteiger charge is 2.07. The van der Waals surface area contributed by atoms with Gasteiger partial charge in [0.25, 0.3) is 0 Å². The van der Waals surface area contributed by atoms with E-state index < -0.39 is 11.7 Å². The van der Waals surface area contributed by atoms with Crippen molar-refractivity contribution in [1.29, 1.82) is 0 Å². The molecule has 0 bridgehead atoms. The van der Waals surface area contributed by atoms with Gasteiger partial charge in [-0.25, -0.2) is 4.39 Å². The molecule has 0 atom stereocenters. The first-order chi connectivity index (χ1) is 8.08. The van der Waals surface area contributed by atoms with Crippen LogP contribution in [0.1, 0.15) is 10.4 Å². The Hall–Kier alpha value is -1.94. The number of hydrogen-bond acceptors (Lipinski definition) is 2. The van der Waals surface area contributed by atoms with Crippen LogP contribution in [-0.2, 0) is 0 Å². The number of aromatic nitrogens is 1.